The van der Waals surface area contributed by atoms with Gasteiger partial charge in [-0.2, -0.15) is 8.78 Å². The van der Waals surface area contributed by atoms with Gasteiger partial charge in [-0.05, 0) is 82.5 Å². The van der Waals surface area contributed by atoms with Crippen LogP contribution in [0.2, 0.25) is 5.02 Å². The topological polar surface area (TPSA) is 105 Å². The summed E-state index contributed by atoms with van der Waals surface area (Å²) >= 11 is 6.14. The minimum Gasteiger partial charge on any atom is -0.495 e. The number of nitrogens with one attached hydrogen (secondary N) is 1. The minimum atomic E-state index is -3.11. The number of methoxy groups -OCH3 is 1. The van der Waals surface area contributed by atoms with E-state index in [0.29, 0.717) is 17.9 Å². The van der Waals surface area contributed by atoms with Crippen molar-refractivity contribution in [2.24, 2.45) is 0 Å². The molecule has 12 heteroatoms. The quantitative estimate of drug-likeness (QED) is 0.243. The molecule has 0 bridgehead atoms. The summed E-state index contributed by atoms with van der Waals surface area (Å²) in [5.41, 5.74) is -0.232. The molecule has 0 radical (unpaired) electrons. The van der Waals surface area contributed by atoms with Crippen LogP contribution in [-0.4, -0.2) is 48.5 Å². The highest BCUT2D eigenvalue weighted by atomic mass is 35.5. The van der Waals surface area contributed by atoms with Gasteiger partial charge in [-0.15, -0.1) is 0 Å². The Bertz CT molecular complexity index is 1530. The van der Waals surface area contributed by atoms with Gasteiger partial charge in [0.1, 0.15) is 23.1 Å². The Labute approximate surface area is 259 Å². The standard InChI is InChI=1S/C32H35ClF2N2O7/c1-32(2,3)44-30(40)19-8-11-21(12-9-19)36-29(39)25(16-22-7-5-6-14-42-22)37-18-27(41-4)24(17-28(37)38)23-15-20(33)10-13-26(23)43-31(34)35/h8-13,15,17-18,22,25,31H,5-7,14,16H2,1-4H3,(H,36,39)/t22-,25?/m1/s1. The van der Waals surface area contributed by atoms with Crippen LogP contribution in [0.25, 0.3) is 11.1 Å². The van der Waals surface area contributed by atoms with Gasteiger partial charge in [-0.25, -0.2) is 4.79 Å². The highest BCUT2D eigenvalue weighted by Gasteiger charge is 2.29. The van der Waals surface area contributed by atoms with Crippen molar-refractivity contribution in [1.82, 2.24) is 4.57 Å². The summed E-state index contributed by atoms with van der Waals surface area (Å²) in [6.07, 6.45) is 3.83. The van der Waals surface area contributed by atoms with Gasteiger partial charge in [0.25, 0.3) is 5.56 Å². The molecule has 2 aromatic carbocycles. The molecule has 0 aliphatic carbocycles. The number of hydrogen-bond acceptors (Lipinski definition) is 7. The second-order valence-electron chi connectivity index (χ2n) is 11.3. The van der Waals surface area contributed by atoms with E-state index in [4.69, 9.17) is 25.8 Å². The molecule has 9 nitrogen and oxygen atoms in total. The van der Waals surface area contributed by atoms with E-state index in [2.05, 4.69) is 10.1 Å². The molecule has 1 aliphatic heterocycles. The number of benzene rings is 2. The summed E-state index contributed by atoms with van der Waals surface area (Å²) in [5.74, 6) is -1.05. The molecule has 1 unspecified atom stereocenters. The first-order chi connectivity index (χ1) is 20.8. The monoisotopic (exact) mass is 632 g/mol. The molecule has 1 saturated heterocycles. The Morgan fingerprint density at radius 1 is 1.07 bits per heavy atom. The molecule has 0 saturated carbocycles. The third kappa shape index (κ3) is 8.57. The molecule has 3 aromatic rings. The molecule has 4 rings (SSSR count). The zero-order valence-corrected chi connectivity index (χ0v) is 25.7. The summed E-state index contributed by atoms with van der Waals surface area (Å²) in [7, 11) is 1.36. The Kier molecular flexibility index (Phi) is 10.6. The Hall–Kier alpha value is -3.96. The molecule has 2 atom stereocenters. The molecule has 1 amide bonds. The van der Waals surface area contributed by atoms with Crippen molar-refractivity contribution in [2.75, 3.05) is 19.0 Å². The number of carbonyl (C=O) groups excluding carboxylic acids is 2. The summed E-state index contributed by atoms with van der Waals surface area (Å²) in [6.45, 7) is 2.74. The zero-order valence-electron chi connectivity index (χ0n) is 24.9. The van der Waals surface area contributed by atoms with Crippen molar-refractivity contribution < 1.29 is 37.3 Å². The van der Waals surface area contributed by atoms with Gasteiger partial charge in [-0.3, -0.25) is 14.2 Å². The maximum absolute atomic E-state index is 13.7. The molecule has 2 heterocycles. The molecule has 1 aromatic heterocycles. The molecule has 1 N–H and O–H groups in total. The first kappa shape index (κ1) is 32.9. The molecule has 236 valence electrons. The first-order valence-electron chi connectivity index (χ1n) is 14.2. The smallest absolute Gasteiger partial charge is 0.387 e. The first-order valence-corrected chi connectivity index (χ1v) is 14.5. The lowest BCUT2D eigenvalue weighted by Crippen LogP contribution is -2.36. The minimum absolute atomic E-state index is 0.126. The number of ether oxygens (including phenoxy) is 4. The largest absolute Gasteiger partial charge is 0.495 e. The molecule has 1 aliphatic rings. The predicted molar refractivity (Wildman–Crippen MR) is 162 cm³/mol. The number of halogens is 3. The maximum Gasteiger partial charge on any atom is 0.387 e. The van der Waals surface area contributed by atoms with Gasteiger partial charge in [0.15, 0.2) is 0 Å². The van der Waals surface area contributed by atoms with Crippen LogP contribution in [0.1, 0.15) is 62.9 Å². The number of nitrogens with zero attached hydrogens (tertiary/aromatic N) is 1. The van der Waals surface area contributed by atoms with Crippen LogP contribution in [0.4, 0.5) is 14.5 Å². The lowest BCUT2D eigenvalue weighted by Gasteiger charge is -2.28. The van der Waals surface area contributed by atoms with Gasteiger partial charge in [0, 0.05) is 40.9 Å². The number of hydrogen-bond donors (Lipinski definition) is 1. The van der Waals surface area contributed by atoms with Crippen molar-refractivity contribution in [2.45, 2.75) is 70.8 Å². The summed E-state index contributed by atoms with van der Waals surface area (Å²) in [4.78, 5) is 39.7. The van der Waals surface area contributed by atoms with Crippen LogP contribution < -0.4 is 20.3 Å². The van der Waals surface area contributed by atoms with E-state index in [9.17, 15) is 23.2 Å². The summed E-state index contributed by atoms with van der Waals surface area (Å²) < 4.78 is 49.0. The second-order valence-corrected chi connectivity index (χ2v) is 11.8. The number of amides is 1. The van der Waals surface area contributed by atoms with Crippen molar-refractivity contribution in [3.05, 3.63) is 75.7 Å². The number of carbonyl (C=O) groups is 2. The van der Waals surface area contributed by atoms with E-state index in [1.165, 1.54) is 54.3 Å². The molecule has 1 fully saturated rings. The van der Waals surface area contributed by atoms with Crippen molar-refractivity contribution >= 4 is 29.2 Å². The number of rotatable bonds is 10. The van der Waals surface area contributed by atoms with Crippen LogP contribution in [0.15, 0.2) is 59.5 Å². The van der Waals surface area contributed by atoms with Crippen LogP contribution in [0.5, 0.6) is 11.5 Å². The van der Waals surface area contributed by atoms with Crippen LogP contribution in [0, 0.1) is 0 Å². The maximum atomic E-state index is 13.7. The van der Waals surface area contributed by atoms with E-state index in [-0.39, 0.29) is 40.2 Å². The number of aromatic nitrogens is 1. The van der Waals surface area contributed by atoms with Gasteiger partial charge in [0.05, 0.1) is 25.0 Å². The number of alkyl halides is 2. The molecule has 44 heavy (non-hydrogen) atoms. The van der Waals surface area contributed by atoms with Crippen molar-refractivity contribution in [1.29, 1.82) is 0 Å². The third-order valence-electron chi connectivity index (χ3n) is 6.90. The lowest BCUT2D eigenvalue weighted by molar-refractivity contribution is -0.121. The van der Waals surface area contributed by atoms with E-state index < -0.39 is 35.7 Å². The van der Waals surface area contributed by atoms with Gasteiger partial charge in [0.2, 0.25) is 5.91 Å². The fourth-order valence-corrected chi connectivity index (χ4v) is 5.07. The summed E-state index contributed by atoms with van der Waals surface area (Å²) in [5, 5.41) is 3.06. The SMILES string of the molecule is COc1cn(C(C[C@H]2CCCCO2)C(=O)Nc2ccc(C(=O)OC(C)(C)C)cc2)c(=O)cc1-c1cc(Cl)ccc1OC(F)F. The van der Waals surface area contributed by atoms with Gasteiger partial charge >= 0.3 is 12.6 Å². The van der Waals surface area contributed by atoms with Gasteiger partial charge < -0.3 is 24.3 Å². The van der Waals surface area contributed by atoms with E-state index in [1.54, 1.807) is 32.9 Å². The zero-order chi connectivity index (χ0) is 32.0. The average molecular weight is 633 g/mol. The number of esters is 1. The van der Waals surface area contributed by atoms with Crippen LogP contribution >= 0.6 is 11.6 Å². The lowest BCUT2D eigenvalue weighted by atomic mass is 10.00. The van der Waals surface area contributed by atoms with Crippen molar-refractivity contribution in [3.63, 3.8) is 0 Å². The van der Waals surface area contributed by atoms with E-state index >= 15 is 0 Å². The Balaban J connectivity index is 1.68. The van der Waals surface area contributed by atoms with Crippen LogP contribution in [0.3, 0.4) is 0 Å². The predicted octanol–water partition coefficient (Wildman–Crippen LogP) is 6.87. The average Bonchev–Trinajstić information content (AvgIpc) is 2.96. The van der Waals surface area contributed by atoms with E-state index in [0.717, 1.165) is 19.3 Å². The fourth-order valence-electron chi connectivity index (χ4n) is 4.90. The third-order valence-corrected chi connectivity index (χ3v) is 7.13. The highest BCUT2D eigenvalue weighted by molar-refractivity contribution is 6.31. The van der Waals surface area contributed by atoms with E-state index in [1.807, 2.05) is 0 Å². The molecular formula is C32H35ClF2N2O7. The van der Waals surface area contributed by atoms with Crippen LogP contribution in [-0.2, 0) is 14.3 Å². The molecule has 0 spiro atoms. The Morgan fingerprint density at radius 3 is 2.39 bits per heavy atom. The highest BCUT2D eigenvalue weighted by Crippen LogP contribution is 2.38. The number of pyridine rings is 1. The summed E-state index contributed by atoms with van der Waals surface area (Å²) in [6, 6.07) is 10.5. The number of anilines is 1. The Morgan fingerprint density at radius 2 is 1.77 bits per heavy atom. The second kappa shape index (κ2) is 14.2. The normalized spacial score (nSPS) is 15.9. The molecular weight excluding hydrogens is 598 g/mol. The van der Waals surface area contributed by atoms with Gasteiger partial charge in [-0.1, -0.05) is 11.6 Å². The fraction of sp³-hybridized carbons (Fsp3) is 0.406. The van der Waals surface area contributed by atoms with Crippen molar-refractivity contribution in [3.8, 4) is 22.6 Å².